The number of hydrogen-bond acceptors (Lipinski definition) is 0. The summed E-state index contributed by atoms with van der Waals surface area (Å²) in [4.78, 5) is 0. The Kier molecular flexibility index (Phi) is 3.69. The molecule has 13 heavy (non-hydrogen) atoms. The van der Waals surface area contributed by atoms with Gasteiger partial charge >= 0.3 is 0 Å². The Balaban J connectivity index is 1.52. The Morgan fingerprint density at radius 3 is 2.31 bits per heavy atom. The molecule has 0 heteroatoms. The van der Waals surface area contributed by atoms with E-state index in [2.05, 4.69) is 0 Å². The third kappa shape index (κ3) is 3.00. The molecule has 0 amide bonds. The van der Waals surface area contributed by atoms with Gasteiger partial charge < -0.3 is 0 Å². The zero-order valence-corrected chi connectivity index (χ0v) is 8.86. The molecule has 0 atom stereocenters. The molecule has 0 unspecified atom stereocenters. The van der Waals surface area contributed by atoms with E-state index in [0.29, 0.717) is 0 Å². The predicted molar refractivity (Wildman–Crippen MR) is 57.5 cm³/mol. The molecular weight excluding hydrogens is 156 g/mol. The fourth-order valence-corrected chi connectivity index (χ4v) is 3.06. The molecule has 75 valence electrons. The standard InChI is InChI=1S/C13H23/c1-2-7-12(6-1)10-5-11-13-8-3-4-9-13/h12H,1-11H2. The first kappa shape index (κ1) is 9.55. The minimum atomic E-state index is 1.11. The van der Waals surface area contributed by atoms with Gasteiger partial charge in [-0.2, -0.15) is 0 Å². The van der Waals surface area contributed by atoms with Gasteiger partial charge in [0.15, 0.2) is 0 Å². The predicted octanol–water partition coefficient (Wildman–Crippen LogP) is 4.50. The highest BCUT2D eigenvalue weighted by atomic mass is 14.2. The van der Waals surface area contributed by atoms with Crippen molar-refractivity contribution in [3.8, 4) is 0 Å². The maximum Gasteiger partial charge on any atom is -0.0241 e. The third-order valence-corrected chi connectivity index (χ3v) is 3.93. The van der Waals surface area contributed by atoms with Crippen molar-refractivity contribution in [1.82, 2.24) is 0 Å². The first-order chi connectivity index (χ1) is 6.45. The van der Waals surface area contributed by atoms with Crippen LogP contribution in [-0.2, 0) is 0 Å². The van der Waals surface area contributed by atoms with Crippen LogP contribution in [0.3, 0.4) is 0 Å². The van der Waals surface area contributed by atoms with Crippen molar-refractivity contribution in [1.29, 1.82) is 0 Å². The molecule has 0 aromatic heterocycles. The van der Waals surface area contributed by atoms with E-state index < -0.39 is 0 Å². The molecule has 2 rings (SSSR count). The van der Waals surface area contributed by atoms with Crippen molar-refractivity contribution in [3.63, 3.8) is 0 Å². The summed E-state index contributed by atoms with van der Waals surface area (Å²) in [5, 5.41) is 0. The van der Waals surface area contributed by atoms with Crippen molar-refractivity contribution >= 4 is 0 Å². The van der Waals surface area contributed by atoms with E-state index in [1.807, 2.05) is 5.92 Å². The fraction of sp³-hybridized carbons (Fsp3) is 0.923. The van der Waals surface area contributed by atoms with E-state index in [4.69, 9.17) is 0 Å². The Labute approximate surface area is 83.1 Å². The smallest absolute Gasteiger partial charge is 0.0241 e. The Hall–Kier alpha value is 0. The van der Waals surface area contributed by atoms with E-state index in [1.165, 1.54) is 70.6 Å². The monoisotopic (exact) mass is 179 g/mol. The van der Waals surface area contributed by atoms with Gasteiger partial charge in [-0.1, -0.05) is 51.4 Å². The van der Waals surface area contributed by atoms with Gasteiger partial charge in [0.2, 0.25) is 0 Å². The summed E-state index contributed by atoms with van der Waals surface area (Å²) in [6.45, 7) is 0. The second-order valence-electron chi connectivity index (χ2n) is 5.00. The van der Waals surface area contributed by atoms with Crippen LogP contribution in [0, 0.1) is 11.8 Å². The van der Waals surface area contributed by atoms with Gasteiger partial charge in [-0.25, -0.2) is 0 Å². The molecule has 0 nitrogen and oxygen atoms in total. The molecule has 2 aliphatic rings. The van der Waals surface area contributed by atoms with Gasteiger partial charge in [0.1, 0.15) is 0 Å². The lowest BCUT2D eigenvalue weighted by Gasteiger charge is -2.11. The zero-order valence-electron chi connectivity index (χ0n) is 8.86. The molecular formula is C13H23. The van der Waals surface area contributed by atoms with Crippen LogP contribution in [0.25, 0.3) is 0 Å². The summed E-state index contributed by atoms with van der Waals surface area (Å²) in [5.74, 6) is 3.00. The average molecular weight is 179 g/mol. The summed E-state index contributed by atoms with van der Waals surface area (Å²) in [6.07, 6.45) is 16.5. The van der Waals surface area contributed by atoms with Crippen LogP contribution in [0.2, 0.25) is 0 Å². The quantitative estimate of drug-likeness (QED) is 0.596. The molecule has 0 saturated heterocycles. The van der Waals surface area contributed by atoms with Crippen LogP contribution < -0.4 is 0 Å². The first-order valence-corrected chi connectivity index (χ1v) is 6.29. The van der Waals surface area contributed by atoms with E-state index in [9.17, 15) is 0 Å². The van der Waals surface area contributed by atoms with E-state index >= 15 is 0 Å². The van der Waals surface area contributed by atoms with Crippen LogP contribution in [0.5, 0.6) is 0 Å². The molecule has 0 aromatic rings. The topological polar surface area (TPSA) is 0 Å². The van der Waals surface area contributed by atoms with Gasteiger partial charge in [-0.05, 0) is 31.1 Å². The zero-order chi connectivity index (χ0) is 8.93. The van der Waals surface area contributed by atoms with Crippen molar-refractivity contribution in [2.24, 2.45) is 5.92 Å². The molecule has 1 radical (unpaired) electrons. The largest absolute Gasteiger partial charge is 0.0530 e. The van der Waals surface area contributed by atoms with Gasteiger partial charge in [0, 0.05) is 0 Å². The van der Waals surface area contributed by atoms with Crippen LogP contribution >= 0.6 is 0 Å². The fourth-order valence-electron chi connectivity index (χ4n) is 3.06. The van der Waals surface area contributed by atoms with Crippen molar-refractivity contribution < 1.29 is 0 Å². The third-order valence-electron chi connectivity index (χ3n) is 3.93. The second kappa shape index (κ2) is 5.02. The molecule has 2 saturated carbocycles. The highest BCUT2D eigenvalue weighted by molar-refractivity contribution is 4.94. The molecule has 0 aromatic carbocycles. The normalized spacial score (nSPS) is 25.8. The average Bonchev–Trinajstić information content (AvgIpc) is 2.75. The van der Waals surface area contributed by atoms with Crippen LogP contribution in [0.4, 0.5) is 0 Å². The SMILES string of the molecule is C1CC[C](CCCC2CCCC2)C1. The summed E-state index contributed by atoms with van der Waals surface area (Å²) < 4.78 is 0. The Morgan fingerprint density at radius 1 is 0.923 bits per heavy atom. The minimum Gasteiger partial charge on any atom is -0.0530 e. The molecule has 0 spiro atoms. The molecule has 2 fully saturated rings. The number of hydrogen-bond donors (Lipinski definition) is 0. The van der Waals surface area contributed by atoms with Gasteiger partial charge in [-0.3, -0.25) is 0 Å². The summed E-state index contributed by atoms with van der Waals surface area (Å²) in [6, 6.07) is 0. The molecule has 0 aliphatic heterocycles. The maximum atomic E-state index is 1.89. The number of rotatable bonds is 4. The molecule has 0 N–H and O–H groups in total. The first-order valence-electron chi connectivity index (χ1n) is 6.29. The highest BCUT2D eigenvalue weighted by Gasteiger charge is 2.17. The van der Waals surface area contributed by atoms with Crippen LogP contribution in [0.1, 0.15) is 70.6 Å². The van der Waals surface area contributed by atoms with Crippen molar-refractivity contribution in [2.45, 2.75) is 70.6 Å². The van der Waals surface area contributed by atoms with Gasteiger partial charge in [0.25, 0.3) is 0 Å². The van der Waals surface area contributed by atoms with Gasteiger partial charge in [0.05, 0.1) is 0 Å². The van der Waals surface area contributed by atoms with Crippen LogP contribution in [0.15, 0.2) is 0 Å². The second-order valence-corrected chi connectivity index (χ2v) is 5.00. The van der Waals surface area contributed by atoms with Crippen LogP contribution in [-0.4, -0.2) is 0 Å². The Bertz CT molecular complexity index is 111. The van der Waals surface area contributed by atoms with Gasteiger partial charge in [-0.15, -0.1) is 0 Å². The van der Waals surface area contributed by atoms with E-state index in [1.54, 1.807) is 0 Å². The minimum absolute atomic E-state index is 1.11. The van der Waals surface area contributed by atoms with E-state index in [0.717, 1.165) is 5.92 Å². The van der Waals surface area contributed by atoms with Crippen molar-refractivity contribution in [3.05, 3.63) is 5.92 Å². The lowest BCUT2D eigenvalue weighted by atomic mass is 9.95. The lowest BCUT2D eigenvalue weighted by Crippen LogP contribution is -1.96. The molecule has 2 aliphatic carbocycles. The Morgan fingerprint density at radius 2 is 1.62 bits per heavy atom. The summed E-state index contributed by atoms with van der Waals surface area (Å²) in [5.41, 5.74) is 0. The molecule has 0 heterocycles. The van der Waals surface area contributed by atoms with Crippen molar-refractivity contribution in [2.75, 3.05) is 0 Å². The molecule has 0 bridgehead atoms. The van der Waals surface area contributed by atoms with E-state index in [-0.39, 0.29) is 0 Å². The summed E-state index contributed by atoms with van der Waals surface area (Å²) in [7, 11) is 0. The lowest BCUT2D eigenvalue weighted by molar-refractivity contribution is 0.473. The summed E-state index contributed by atoms with van der Waals surface area (Å²) >= 11 is 0. The maximum absolute atomic E-state index is 1.89. The highest BCUT2D eigenvalue weighted by Crippen LogP contribution is 2.34.